The fourth-order valence-electron chi connectivity index (χ4n) is 1.87. The molecule has 96 valence electrons. The third-order valence-electron chi connectivity index (χ3n) is 2.97. The monoisotopic (exact) mass is 227 g/mol. The van der Waals surface area contributed by atoms with Crippen LogP contribution >= 0.6 is 0 Å². The van der Waals surface area contributed by atoms with Gasteiger partial charge in [0.2, 0.25) is 5.91 Å². The van der Waals surface area contributed by atoms with E-state index in [-0.39, 0.29) is 5.92 Å². The fraction of sp³-hybridized carbons (Fsp3) is 0.929. The van der Waals surface area contributed by atoms with Crippen LogP contribution in [0.5, 0.6) is 0 Å². The van der Waals surface area contributed by atoms with Crippen molar-refractivity contribution in [3.05, 3.63) is 0 Å². The fourth-order valence-corrected chi connectivity index (χ4v) is 1.87. The van der Waals surface area contributed by atoms with Gasteiger partial charge in [-0.25, -0.2) is 0 Å². The molecule has 16 heavy (non-hydrogen) atoms. The zero-order chi connectivity index (χ0) is 12.4. The highest BCUT2D eigenvalue weighted by molar-refractivity contribution is 5.78. The van der Waals surface area contributed by atoms with E-state index in [9.17, 15) is 4.79 Å². The van der Waals surface area contributed by atoms with Gasteiger partial charge in [0, 0.05) is 19.0 Å². The summed E-state index contributed by atoms with van der Waals surface area (Å²) in [6, 6.07) is 0. The molecule has 0 aliphatic rings. The molecular formula is C14H29NO. The number of amides is 1. The second-order valence-corrected chi connectivity index (χ2v) is 4.84. The number of carbonyl (C=O) groups excluding carboxylic acids is 1. The van der Waals surface area contributed by atoms with Gasteiger partial charge in [0.25, 0.3) is 0 Å². The van der Waals surface area contributed by atoms with E-state index >= 15 is 0 Å². The van der Waals surface area contributed by atoms with Crippen molar-refractivity contribution < 1.29 is 4.79 Å². The van der Waals surface area contributed by atoms with Gasteiger partial charge in [0.15, 0.2) is 0 Å². The van der Waals surface area contributed by atoms with Crippen LogP contribution in [0.2, 0.25) is 0 Å². The summed E-state index contributed by atoms with van der Waals surface area (Å²) in [4.78, 5) is 13.8. The first kappa shape index (κ1) is 15.5. The van der Waals surface area contributed by atoms with Crippen molar-refractivity contribution in [3.63, 3.8) is 0 Å². The summed E-state index contributed by atoms with van der Waals surface area (Å²) < 4.78 is 0. The van der Waals surface area contributed by atoms with Crippen molar-refractivity contribution in [2.24, 2.45) is 5.92 Å². The van der Waals surface area contributed by atoms with Gasteiger partial charge in [-0.1, -0.05) is 52.9 Å². The Balaban J connectivity index is 3.59. The highest BCUT2D eigenvalue weighted by atomic mass is 16.2. The molecule has 0 aromatic carbocycles. The molecule has 0 spiro atoms. The Kier molecular flexibility index (Phi) is 9.36. The SMILES string of the molecule is CCCCCCCCN(CC)C(=O)C(C)C. The third-order valence-corrected chi connectivity index (χ3v) is 2.97. The molecule has 0 heterocycles. The molecular weight excluding hydrogens is 198 g/mol. The largest absolute Gasteiger partial charge is 0.343 e. The lowest BCUT2D eigenvalue weighted by molar-refractivity contribution is -0.134. The maximum atomic E-state index is 11.8. The second kappa shape index (κ2) is 9.68. The average Bonchev–Trinajstić information content (AvgIpc) is 2.27. The quantitative estimate of drug-likeness (QED) is 0.548. The maximum Gasteiger partial charge on any atom is 0.225 e. The first-order valence-electron chi connectivity index (χ1n) is 6.92. The van der Waals surface area contributed by atoms with E-state index in [0.29, 0.717) is 5.91 Å². The Labute approximate surface area is 101 Å². The molecule has 0 unspecified atom stereocenters. The number of unbranched alkanes of at least 4 members (excludes halogenated alkanes) is 5. The van der Waals surface area contributed by atoms with Gasteiger partial charge in [-0.2, -0.15) is 0 Å². The van der Waals surface area contributed by atoms with Crippen molar-refractivity contribution in [1.29, 1.82) is 0 Å². The second-order valence-electron chi connectivity index (χ2n) is 4.84. The highest BCUT2D eigenvalue weighted by Gasteiger charge is 2.14. The van der Waals surface area contributed by atoms with E-state index in [0.717, 1.165) is 19.5 Å². The van der Waals surface area contributed by atoms with E-state index in [1.807, 2.05) is 18.7 Å². The molecule has 0 rings (SSSR count). The molecule has 0 saturated heterocycles. The molecule has 2 nitrogen and oxygen atoms in total. The Morgan fingerprint density at radius 3 is 2.06 bits per heavy atom. The standard InChI is InChI=1S/C14H29NO/c1-5-7-8-9-10-11-12-15(6-2)14(16)13(3)4/h13H,5-12H2,1-4H3. The zero-order valence-electron chi connectivity index (χ0n) is 11.6. The maximum absolute atomic E-state index is 11.8. The Morgan fingerprint density at radius 1 is 1.00 bits per heavy atom. The summed E-state index contributed by atoms with van der Waals surface area (Å²) in [6.07, 6.45) is 7.75. The van der Waals surface area contributed by atoms with Crippen LogP contribution in [-0.2, 0) is 4.79 Å². The van der Waals surface area contributed by atoms with E-state index in [4.69, 9.17) is 0 Å². The topological polar surface area (TPSA) is 20.3 Å². The third kappa shape index (κ3) is 6.86. The lowest BCUT2D eigenvalue weighted by Gasteiger charge is -2.22. The van der Waals surface area contributed by atoms with Crippen LogP contribution in [0.3, 0.4) is 0 Å². The molecule has 1 amide bonds. The minimum absolute atomic E-state index is 0.139. The van der Waals surface area contributed by atoms with Crippen LogP contribution in [0, 0.1) is 5.92 Å². The Morgan fingerprint density at radius 2 is 1.56 bits per heavy atom. The highest BCUT2D eigenvalue weighted by Crippen LogP contribution is 2.07. The van der Waals surface area contributed by atoms with Crippen LogP contribution in [0.15, 0.2) is 0 Å². The first-order chi connectivity index (χ1) is 7.63. The normalized spacial score (nSPS) is 10.8. The summed E-state index contributed by atoms with van der Waals surface area (Å²) >= 11 is 0. The van der Waals surface area contributed by atoms with Crippen LogP contribution < -0.4 is 0 Å². The van der Waals surface area contributed by atoms with Gasteiger partial charge >= 0.3 is 0 Å². The summed E-state index contributed by atoms with van der Waals surface area (Å²) in [5.41, 5.74) is 0. The number of nitrogens with zero attached hydrogens (tertiary/aromatic N) is 1. The van der Waals surface area contributed by atoms with Gasteiger partial charge in [0.1, 0.15) is 0 Å². The predicted molar refractivity (Wildman–Crippen MR) is 70.5 cm³/mol. The van der Waals surface area contributed by atoms with Crippen molar-refractivity contribution in [2.75, 3.05) is 13.1 Å². The smallest absolute Gasteiger partial charge is 0.225 e. The lowest BCUT2D eigenvalue weighted by atomic mass is 10.1. The van der Waals surface area contributed by atoms with E-state index in [2.05, 4.69) is 13.8 Å². The molecule has 2 heteroatoms. The van der Waals surface area contributed by atoms with Crippen LogP contribution in [0.25, 0.3) is 0 Å². The molecule has 0 fully saturated rings. The molecule has 0 aromatic rings. The molecule has 0 aliphatic carbocycles. The van der Waals surface area contributed by atoms with Crippen molar-refractivity contribution in [2.45, 2.75) is 66.2 Å². The Hall–Kier alpha value is -0.530. The average molecular weight is 227 g/mol. The van der Waals surface area contributed by atoms with E-state index in [1.165, 1.54) is 32.1 Å². The molecule has 0 aliphatic heterocycles. The van der Waals surface area contributed by atoms with Crippen LogP contribution in [-0.4, -0.2) is 23.9 Å². The molecule has 0 saturated carbocycles. The van der Waals surface area contributed by atoms with E-state index in [1.54, 1.807) is 0 Å². The van der Waals surface area contributed by atoms with Gasteiger partial charge in [-0.05, 0) is 13.3 Å². The van der Waals surface area contributed by atoms with Crippen molar-refractivity contribution >= 4 is 5.91 Å². The molecule has 0 atom stereocenters. The Bertz CT molecular complexity index is 178. The minimum Gasteiger partial charge on any atom is -0.343 e. The minimum atomic E-state index is 0.139. The van der Waals surface area contributed by atoms with E-state index < -0.39 is 0 Å². The molecule has 0 N–H and O–H groups in total. The van der Waals surface area contributed by atoms with Crippen LogP contribution in [0.1, 0.15) is 66.2 Å². The van der Waals surface area contributed by atoms with Gasteiger partial charge in [0.05, 0.1) is 0 Å². The number of hydrogen-bond acceptors (Lipinski definition) is 1. The molecule has 0 aromatic heterocycles. The van der Waals surface area contributed by atoms with Crippen LogP contribution in [0.4, 0.5) is 0 Å². The first-order valence-corrected chi connectivity index (χ1v) is 6.92. The van der Waals surface area contributed by atoms with Gasteiger partial charge < -0.3 is 4.90 Å². The van der Waals surface area contributed by atoms with Crippen molar-refractivity contribution in [1.82, 2.24) is 4.90 Å². The van der Waals surface area contributed by atoms with Crippen molar-refractivity contribution in [3.8, 4) is 0 Å². The molecule has 0 bridgehead atoms. The number of hydrogen-bond donors (Lipinski definition) is 0. The summed E-state index contributed by atoms with van der Waals surface area (Å²) in [5, 5.41) is 0. The predicted octanol–water partition coefficient (Wildman–Crippen LogP) is 3.85. The van der Waals surface area contributed by atoms with Gasteiger partial charge in [-0.15, -0.1) is 0 Å². The van der Waals surface area contributed by atoms with Gasteiger partial charge in [-0.3, -0.25) is 4.79 Å². The zero-order valence-corrected chi connectivity index (χ0v) is 11.6. The summed E-state index contributed by atoms with van der Waals surface area (Å²) in [6.45, 7) is 10.1. The number of carbonyl (C=O) groups is 1. The number of rotatable bonds is 9. The summed E-state index contributed by atoms with van der Waals surface area (Å²) in [5.74, 6) is 0.441. The summed E-state index contributed by atoms with van der Waals surface area (Å²) in [7, 11) is 0. The molecule has 0 radical (unpaired) electrons. The lowest BCUT2D eigenvalue weighted by Crippen LogP contribution is -2.34.